The average Bonchev–Trinajstić information content (AvgIpc) is 3.20. The molecule has 0 aromatic heterocycles. The molecule has 1 unspecified atom stereocenters. The van der Waals surface area contributed by atoms with Crippen LogP contribution in [0.4, 0.5) is 0 Å². The summed E-state index contributed by atoms with van der Waals surface area (Å²) in [6.07, 6.45) is 45.3. The zero-order valence-corrected chi connectivity index (χ0v) is 36.1. The van der Waals surface area contributed by atoms with Gasteiger partial charge >= 0.3 is 19.8 Å². The van der Waals surface area contributed by atoms with Gasteiger partial charge in [0.1, 0.15) is 12.7 Å². The minimum absolute atomic E-state index is 0.0524. The van der Waals surface area contributed by atoms with Gasteiger partial charge in [0.05, 0.1) is 19.8 Å². The Morgan fingerprint density at radius 1 is 0.569 bits per heavy atom. The van der Waals surface area contributed by atoms with Crippen LogP contribution < -0.4 is 0 Å². The van der Waals surface area contributed by atoms with Crippen molar-refractivity contribution in [1.82, 2.24) is 0 Å². The lowest BCUT2D eigenvalue weighted by Crippen LogP contribution is -2.29. The van der Waals surface area contributed by atoms with E-state index in [1.807, 2.05) is 18.2 Å². The second-order valence-electron chi connectivity index (χ2n) is 13.7. The van der Waals surface area contributed by atoms with Crippen LogP contribution in [-0.4, -0.2) is 71.5 Å². The highest BCUT2D eigenvalue weighted by molar-refractivity contribution is 7.47. The van der Waals surface area contributed by atoms with Crippen molar-refractivity contribution in [2.75, 3.05) is 26.4 Å². The van der Waals surface area contributed by atoms with Gasteiger partial charge in [-0.2, -0.15) is 0 Å². The first kappa shape index (κ1) is 54.6. The summed E-state index contributed by atoms with van der Waals surface area (Å²) in [6.45, 7) is 1.95. The molecule has 0 bridgehead atoms. The Bertz CT molecular complexity index is 1340. The highest BCUT2D eigenvalue weighted by atomic mass is 31.2. The predicted octanol–water partition coefficient (Wildman–Crippen LogP) is 10.4. The maximum Gasteiger partial charge on any atom is 0.472 e. The van der Waals surface area contributed by atoms with Crippen molar-refractivity contribution in [2.45, 2.75) is 148 Å². The SMILES string of the molecule is CCCCC/C=C\C/C=C\C/C=C\C=C\C(=O)CCCC(=O)OC[C@H](COP(=O)(O)OC[C@@H](O)CO)OC(=O)CCC/C=C\C/C=C\C/C=C\C/C=C\CCCCC. The van der Waals surface area contributed by atoms with E-state index in [0.717, 1.165) is 44.9 Å². The van der Waals surface area contributed by atoms with Crippen molar-refractivity contribution in [2.24, 2.45) is 0 Å². The molecule has 0 aromatic rings. The van der Waals surface area contributed by atoms with E-state index in [1.54, 1.807) is 12.2 Å². The molecule has 0 fully saturated rings. The Balaban J connectivity index is 4.63. The van der Waals surface area contributed by atoms with E-state index in [9.17, 15) is 28.9 Å². The first-order valence-electron chi connectivity index (χ1n) is 21.1. The number of esters is 2. The van der Waals surface area contributed by atoms with Gasteiger partial charge in [0, 0.05) is 19.3 Å². The number of phosphoric ester groups is 1. The summed E-state index contributed by atoms with van der Waals surface area (Å²) in [5, 5.41) is 18.3. The van der Waals surface area contributed by atoms with Crippen molar-refractivity contribution < 1.29 is 52.6 Å². The van der Waals surface area contributed by atoms with Crippen LogP contribution in [0.15, 0.2) is 97.2 Å². The first-order valence-corrected chi connectivity index (χ1v) is 22.6. The number of hydrogen-bond acceptors (Lipinski definition) is 10. The average molecular weight is 833 g/mol. The van der Waals surface area contributed by atoms with Crippen molar-refractivity contribution >= 4 is 25.5 Å². The van der Waals surface area contributed by atoms with E-state index >= 15 is 0 Å². The molecule has 0 heterocycles. The molecule has 0 rings (SSSR count). The molecule has 0 spiro atoms. The standard InChI is InChI=1S/C46H73O11P/c1-3-5-7-9-11-13-15-17-18-19-20-22-24-26-28-30-32-36-46(51)57-44(41-56-58(52,53)55-39-43(49)38-47)40-54-45(50)37-33-35-42(48)34-31-29-27-25-23-21-16-14-12-10-8-6-4-2/h11-14,17-18,20-23,26-29,31,34,43-44,47,49H,3-10,15-16,19,24-25,30,32-33,35-41H2,1-2H3,(H,52,53)/b13-11-,14-12-,18-17-,22-20-,23-21-,28-26-,29-27-,34-31+/t43-,44+/m0/s1. The van der Waals surface area contributed by atoms with Gasteiger partial charge in [-0.3, -0.25) is 23.4 Å². The fourth-order valence-electron chi connectivity index (χ4n) is 4.88. The number of carbonyl (C=O) groups excluding carboxylic acids is 3. The minimum atomic E-state index is -4.69. The van der Waals surface area contributed by atoms with Crippen LogP contribution in [-0.2, 0) is 37.5 Å². The third-order valence-corrected chi connectivity index (χ3v) is 9.14. The van der Waals surface area contributed by atoms with Gasteiger partial charge in [-0.05, 0) is 83.1 Å². The maximum absolute atomic E-state index is 12.6. The summed E-state index contributed by atoms with van der Waals surface area (Å²) in [5.74, 6) is -1.40. The first-order chi connectivity index (χ1) is 28.1. The fraction of sp³-hybridized carbons (Fsp3) is 0.587. The summed E-state index contributed by atoms with van der Waals surface area (Å²) < 4.78 is 32.4. The van der Waals surface area contributed by atoms with Crippen LogP contribution in [0.3, 0.4) is 0 Å². The minimum Gasteiger partial charge on any atom is -0.462 e. The normalized spacial score (nSPS) is 14.7. The molecule has 0 aliphatic heterocycles. The van der Waals surface area contributed by atoms with Gasteiger partial charge in [-0.25, -0.2) is 4.57 Å². The van der Waals surface area contributed by atoms with Crippen molar-refractivity contribution in [3.63, 3.8) is 0 Å². The number of ether oxygens (including phenoxy) is 2. The van der Waals surface area contributed by atoms with E-state index in [0.29, 0.717) is 12.8 Å². The van der Waals surface area contributed by atoms with Gasteiger partial charge in [0.2, 0.25) is 0 Å². The number of phosphoric acid groups is 1. The lowest BCUT2D eigenvalue weighted by Gasteiger charge is -2.20. The molecule has 0 aromatic carbocycles. The summed E-state index contributed by atoms with van der Waals surface area (Å²) >= 11 is 0. The zero-order chi connectivity index (χ0) is 42.8. The number of aliphatic hydroxyl groups is 2. The van der Waals surface area contributed by atoms with Crippen LogP contribution in [0, 0.1) is 0 Å². The molecule has 3 atom stereocenters. The third-order valence-electron chi connectivity index (χ3n) is 8.19. The van der Waals surface area contributed by atoms with Crippen LogP contribution in [0.2, 0.25) is 0 Å². The van der Waals surface area contributed by atoms with Crippen LogP contribution in [0.1, 0.15) is 136 Å². The molecule has 58 heavy (non-hydrogen) atoms. The lowest BCUT2D eigenvalue weighted by molar-refractivity contribution is -0.161. The molecule has 0 aliphatic carbocycles. The largest absolute Gasteiger partial charge is 0.472 e. The highest BCUT2D eigenvalue weighted by Crippen LogP contribution is 2.43. The quantitative estimate of drug-likeness (QED) is 0.0135. The summed E-state index contributed by atoms with van der Waals surface area (Å²) in [6, 6.07) is 0. The van der Waals surface area contributed by atoms with Crippen molar-refractivity contribution in [3.8, 4) is 0 Å². The van der Waals surface area contributed by atoms with Crippen molar-refractivity contribution in [1.29, 1.82) is 0 Å². The topological polar surface area (TPSA) is 166 Å². The highest BCUT2D eigenvalue weighted by Gasteiger charge is 2.27. The molecule has 0 aliphatic rings. The van der Waals surface area contributed by atoms with E-state index in [-0.39, 0.29) is 31.5 Å². The third kappa shape index (κ3) is 39.4. The number of aliphatic hydroxyl groups excluding tert-OH is 2. The number of carbonyl (C=O) groups is 3. The smallest absolute Gasteiger partial charge is 0.462 e. The Kier molecular flexibility index (Phi) is 38.0. The summed E-state index contributed by atoms with van der Waals surface area (Å²) in [5.41, 5.74) is 0. The second kappa shape index (κ2) is 40.3. The Hall–Kier alpha value is -3.44. The molecule has 328 valence electrons. The van der Waals surface area contributed by atoms with Gasteiger partial charge in [0.25, 0.3) is 0 Å². The molecule has 12 heteroatoms. The fourth-order valence-corrected chi connectivity index (χ4v) is 5.67. The second-order valence-corrected chi connectivity index (χ2v) is 15.1. The summed E-state index contributed by atoms with van der Waals surface area (Å²) in [7, 11) is -4.69. The lowest BCUT2D eigenvalue weighted by atomic mass is 10.1. The van der Waals surface area contributed by atoms with Crippen LogP contribution in [0.5, 0.6) is 0 Å². The van der Waals surface area contributed by atoms with Gasteiger partial charge < -0.3 is 24.6 Å². The van der Waals surface area contributed by atoms with Crippen molar-refractivity contribution in [3.05, 3.63) is 97.2 Å². The van der Waals surface area contributed by atoms with E-state index < -0.39 is 58.4 Å². The van der Waals surface area contributed by atoms with Gasteiger partial charge in [0.15, 0.2) is 11.9 Å². The van der Waals surface area contributed by atoms with Gasteiger partial charge in [-0.15, -0.1) is 0 Å². The van der Waals surface area contributed by atoms with Gasteiger partial charge in [-0.1, -0.05) is 131 Å². The number of rotatable bonds is 38. The molecular formula is C46H73O11P. The number of allylic oxidation sites excluding steroid dienone is 16. The van der Waals surface area contributed by atoms with E-state index in [1.165, 1.54) is 44.6 Å². The molecule has 0 radical (unpaired) electrons. The van der Waals surface area contributed by atoms with E-state index in [4.69, 9.17) is 19.1 Å². The van der Waals surface area contributed by atoms with Crippen LogP contribution >= 0.6 is 7.82 Å². The molecule has 11 nitrogen and oxygen atoms in total. The molecular weight excluding hydrogens is 759 g/mol. The number of unbranched alkanes of at least 4 members (excludes halogenated alkanes) is 7. The van der Waals surface area contributed by atoms with E-state index in [2.05, 4.69) is 79.1 Å². The number of ketones is 1. The molecule has 3 N–H and O–H groups in total. The Morgan fingerprint density at radius 3 is 1.59 bits per heavy atom. The molecule has 0 saturated heterocycles. The number of hydrogen-bond donors (Lipinski definition) is 3. The molecule has 0 amide bonds. The zero-order valence-electron chi connectivity index (χ0n) is 35.2. The Morgan fingerprint density at radius 2 is 1.05 bits per heavy atom. The van der Waals surface area contributed by atoms with Crippen LogP contribution in [0.25, 0.3) is 0 Å². The summed E-state index contributed by atoms with van der Waals surface area (Å²) in [4.78, 5) is 47.1. The predicted molar refractivity (Wildman–Crippen MR) is 233 cm³/mol. The molecule has 0 saturated carbocycles. The Labute approximate surface area is 349 Å². The maximum atomic E-state index is 12.6. The monoisotopic (exact) mass is 832 g/mol.